The number of fused-ring (bicyclic) bond motifs is 1. The molecule has 0 atom stereocenters. The highest BCUT2D eigenvalue weighted by Crippen LogP contribution is 2.43. The molecule has 0 saturated heterocycles. The Hall–Kier alpha value is -1.40. The Bertz CT molecular complexity index is 676. The Morgan fingerprint density at radius 2 is 1.92 bits per heavy atom. The number of hydrogen-bond acceptors (Lipinski definition) is 4. The van der Waals surface area contributed by atoms with Crippen molar-refractivity contribution in [3.63, 3.8) is 0 Å². The molecule has 0 aliphatic carbocycles. The molecule has 0 spiro atoms. The fourth-order valence-corrected chi connectivity index (χ4v) is 3.57. The van der Waals surface area contributed by atoms with Crippen LogP contribution in [0.3, 0.4) is 0 Å². The van der Waals surface area contributed by atoms with Gasteiger partial charge in [0.2, 0.25) is 0 Å². The van der Waals surface area contributed by atoms with Crippen LogP contribution in [0.4, 0.5) is 4.79 Å². The molecule has 0 bridgehead atoms. The van der Waals surface area contributed by atoms with Crippen molar-refractivity contribution in [1.29, 1.82) is 0 Å². The number of ether oxygens (including phenoxy) is 2. The fourth-order valence-electron chi connectivity index (χ4n) is 3.07. The van der Waals surface area contributed by atoms with Crippen molar-refractivity contribution in [2.24, 2.45) is 0 Å². The van der Waals surface area contributed by atoms with Gasteiger partial charge in [0, 0.05) is 17.1 Å². The summed E-state index contributed by atoms with van der Waals surface area (Å²) in [5.41, 5.74) is 0.941. The van der Waals surface area contributed by atoms with E-state index in [1.54, 1.807) is 33.9 Å². The fraction of sp³-hybridized carbons (Fsp3) is 0.556. The van der Waals surface area contributed by atoms with Crippen LogP contribution in [0.2, 0.25) is 0 Å². The van der Waals surface area contributed by atoms with Crippen LogP contribution in [0, 0.1) is 0 Å². The molecular weight excluding hydrogens is 374 g/mol. The predicted molar refractivity (Wildman–Crippen MR) is 95.2 cm³/mol. The summed E-state index contributed by atoms with van der Waals surface area (Å²) in [6.45, 7) is 9.62. The summed E-state index contributed by atoms with van der Waals surface area (Å²) in [5.74, 6) is -0.329. The lowest BCUT2D eigenvalue weighted by Crippen LogP contribution is -2.46. The second-order valence-electron chi connectivity index (χ2n) is 7.41. The molecule has 2 amide bonds. The number of hydrogen-bond donors (Lipinski definition) is 0. The summed E-state index contributed by atoms with van der Waals surface area (Å²) in [6, 6.07) is 3.74. The first kappa shape index (κ1) is 18.9. The summed E-state index contributed by atoms with van der Waals surface area (Å²) in [4.78, 5) is 26.7. The molecule has 1 aliphatic rings. The van der Waals surface area contributed by atoms with E-state index in [1.807, 2.05) is 19.9 Å². The zero-order chi connectivity index (χ0) is 18.3. The van der Waals surface area contributed by atoms with Crippen molar-refractivity contribution >= 4 is 27.9 Å². The molecule has 132 valence electrons. The Balaban J connectivity index is 2.51. The highest BCUT2D eigenvalue weighted by atomic mass is 79.9. The van der Waals surface area contributed by atoms with Crippen LogP contribution in [-0.4, -0.2) is 36.2 Å². The topological polar surface area (TPSA) is 55.8 Å². The molecule has 1 heterocycles. The van der Waals surface area contributed by atoms with Gasteiger partial charge in [-0.15, -0.1) is 0 Å². The van der Waals surface area contributed by atoms with Crippen molar-refractivity contribution in [2.75, 3.05) is 13.7 Å². The average molecular weight is 398 g/mol. The van der Waals surface area contributed by atoms with Gasteiger partial charge in [-0.3, -0.25) is 4.79 Å². The number of imide groups is 1. The maximum atomic E-state index is 12.9. The van der Waals surface area contributed by atoms with E-state index in [0.29, 0.717) is 18.6 Å². The monoisotopic (exact) mass is 397 g/mol. The van der Waals surface area contributed by atoms with Gasteiger partial charge in [-0.05, 0) is 64.3 Å². The SMILES string of the molecule is COCCc1cc(Br)cc2c1C(C)(C)N(C(=O)OC(C)(C)C)C2=O. The molecular formula is C18H24BrNO4. The van der Waals surface area contributed by atoms with E-state index in [4.69, 9.17) is 9.47 Å². The summed E-state index contributed by atoms with van der Waals surface area (Å²) in [6.07, 6.45) is 0.0412. The van der Waals surface area contributed by atoms with E-state index in [0.717, 1.165) is 15.6 Å². The van der Waals surface area contributed by atoms with Gasteiger partial charge in [0.05, 0.1) is 12.1 Å². The number of halogens is 1. The van der Waals surface area contributed by atoms with Crippen LogP contribution < -0.4 is 0 Å². The predicted octanol–water partition coefficient (Wildman–Crippen LogP) is 4.26. The molecule has 0 N–H and O–H groups in total. The number of carbonyl (C=O) groups is 2. The molecule has 0 unspecified atom stereocenters. The van der Waals surface area contributed by atoms with E-state index in [2.05, 4.69) is 15.9 Å². The minimum Gasteiger partial charge on any atom is -0.443 e. The Morgan fingerprint density at radius 3 is 2.46 bits per heavy atom. The third kappa shape index (κ3) is 3.49. The standard InChI is InChI=1S/C18H24BrNO4/c1-17(2,3)24-16(22)20-15(21)13-10-12(19)9-11(7-8-23-6)14(13)18(20,4)5/h9-10H,7-8H2,1-6H3. The van der Waals surface area contributed by atoms with Gasteiger partial charge in [0.25, 0.3) is 5.91 Å². The van der Waals surface area contributed by atoms with Gasteiger partial charge in [-0.25, -0.2) is 9.69 Å². The van der Waals surface area contributed by atoms with E-state index >= 15 is 0 Å². The first-order valence-electron chi connectivity index (χ1n) is 7.88. The third-order valence-corrected chi connectivity index (χ3v) is 4.40. The number of nitrogens with zero attached hydrogens (tertiary/aromatic N) is 1. The zero-order valence-corrected chi connectivity index (χ0v) is 16.6. The van der Waals surface area contributed by atoms with E-state index in [9.17, 15) is 9.59 Å². The normalized spacial score (nSPS) is 16.3. The molecule has 0 radical (unpaired) electrons. The lowest BCUT2D eigenvalue weighted by atomic mass is 9.88. The Morgan fingerprint density at radius 1 is 1.29 bits per heavy atom. The summed E-state index contributed by atoms with van der Waals surface area (Å²) < 4.78 is 11.4. The van der Waals surface area contributed by atoms with Crippen molar-refractivity contribution in [2.45, 2.75) is 52.2 Å². The van der Waals surface area contributed by atoms with Gasteiger partial charge < -0.3 is 9.47 Å². The quantitative estimate of drug-likeness (QED) is 0.764. The number of benzene rings is 1. The molecule has 6 heteroatoms. The molecule has 0 aromatic heterocycles. The highest BCUT2D eigenvalue weighted by Gasteiger charge is 2.49. The van der Waals surface area contributed by atoms with E-state index in [-0.39, 0.29) is 5.91 Å². The number of methoxy groups -OCH3 is 1. The second-order valence-corrected chi connectivity index (χ2v) is 8.33. The highest BCUT2D eigenvalue weighted by molar-refractivity contribution is 9.10. The molecule has 2 rings (SSSR count). The number of rotatable bonds is 3. The second kappa shape index (κ2) is 6.48. The maximum absolute atomic E-state index is 12.9. The van der Waals surface area contributed by atoms with Gasteiger partial charge >= 0.3 is 6.09 Å². The average Bonchev–Trinajstić information content (AvgIpc) is 2.61. The molecule has 0 fully saturated rings. The summed E-state index contributed by atoms with van der Waals surface area (Å²) in [7, 11) is 1.64. The lowest BCUT2D eigenvalue weighted by Gasteiger charge is -2.33. The lowest BCUT2D eigenvalue weighted by molar-refractivity contribution is 0.00930. The summed E-state index contributed by atoms with van der Waals surface area (Å²) >= 11 is 3.45. The van der Waals surface area contributed by atoms with Gasteiger partial charge in [-0.1, -0.05) is 15.9 Å². The summed E-state index contributed by atoms with van der Waals surface area (Å²) in [5, 5.41) is 0. The smallest absolute Gasteiger partial charge is 0.418 e. The Kier molecular flexibility index (Phi) is 5.11. The van der Waals surface area contributed by atoms with Crippen molar-refractivity contribution in [3.8, 4) is 0 Å². The molecule has 24 heavy (non-hydrogen) atoms. The Labute approximate surface area is 151 Å². The number of amides is 2. The van der Waals surface area contributed by atoms with Crippen LogP contribution in [-0.2, 0) is 21.4 Å². The first-order chi connectivity index (χ1) is 11.0. The van der Waals surface area contributed by atoms with Crippen LogP contribution in [0.15, 0.2) is 16.6 Å². The first-order valence-corrected chi connectivity index (χ1v) is 8.67. The van der Waals surface area contributed by atoms with Crippen molar-refractivity contribution in [3.05, 3.63) is 33.3 Å². The zero-order valence-electron chi connectivity index (χ0n) is 15.0. The van der Waals surface area contributed by atoms with Gasteiger partial charge in [0.1, 0.15) is 5.60 Å². The molecule has 1 aromatic rings. The van der Waals surface area contributed by atoms with Crippen molar-refractivity contribution < 1.29 is 19.1 Å². The maximum Gasteiger partial charge on any atom is 0.418 e. The number of carbonyl (C=O) groups excluding carboxylic acids is 2. The van der Waals surface area contributed by atoms with Gasteiger partial charge in [-0.2, -0.15) is 0 Å². The van der Waals surface area contributed by atoms with Crippen molar-refractivity contribution in [1.82, 2.24) is 4.90 Å². The van der Waals surface area contributed by atoms with Gasteiger partial charge in [0.15, 0.2) is 0 Å². The van der Waals surface area contributed by atoms with E-state index < -0.39 is 17.2 Å². The van der Waals surface area contributed by atoms with Crippen LogP contribution >= 0.6 is 15.9 Å². The molecule has 1 aromatic carbocycles. The molecule has 5 nitrogen and oxygen atoms in total. The molecule has 0 saturated carbocycles. The minimum absolute atomic E-state index is 0.329. The van der Waals surface area contributed by atoms with Crippen LogP contribution in [0.5, 0.6) is 0 Å². The van der Waals surface area contributed by atoms with Crippen LogP contribution in [0.1, 0.15) is 56.1 Å². The van der Waals surface area contributed by atoms with Crippen LogP contribution in [0.25, 0.3) is 0 Å². The molecule has 1 aliphatic heterocycles. The third-order valence-electron chi connectivity index (χ3n) is 3.94. The largest absolute Gasteiger partial charge is 0.443 e. The van der Waals surface area contributed by atoms with E-state index in [1.165, 1.54) is 4.90 Å². The minimum atomic E-state index is -0.779.